The zero-order valence-electron chi connectivity index (χ0n) is 19.0. The lowest BCUT2D eigenvalue weighted by Gasteiger charge is -2.25. The third kappa shape index (κ3) is 4.40. The van der Waals surface area contributed by atoms with Crippen LogP contribution in [0.2, 0.25) is 0 Å². The van der Waals surface area contributed by atoms with Gasteiger partial charge in [-0.3, -0.25) is 0 Å². The molecule has 0 bridgehead atoms. The van der Waals surface area contributed by atoms with Gasteiger partial charge >= 0.3 is 0 Å². The molecular weight excluding hydrogens is 424 g/mol. The number of ether oxygens (including phenoxy) is 1. The molecule has 2 aromatic carbocycles. The summed E-state index contributed by atoms with van der Waals surface area (Å²) in [5, 5.41) is 3.53. The predicted octanol–water partition coefficient (Wildman–Crippen LogP) is 4.09. The van der Waals surface area contributed by atoms with Crippen LogP contribution in [0.25, 0.3) is 11.0 Å². The Bertz CT molecular complexity index is 1180. The average molecular weight is 457 g/mol. The number of piperidine rings is 1. The van der Waals surface area contributed by atoms with E-state index in [2.05, 4.69) is 29.8 Å². The monoisotopic (exact) mass is 456 g/mol. The van der Waals surface area contributed by atoms with E-state index in [9.17, 15) is 8.42 Å². The zero-order valence-corrected chi connectivity index (χ0v) is 19.9. The molecule has 1 N–H and O–H groups in total. The third-order valence-corrected chi connectivity index (χ3v) is 8.13. The van der Waals surface area contributed by atoms with Crippen molar-refractivity contribution in [2.75, 3.05) is 20.2 Å². The van der Waals surface area contributed by atoms with Crippen molar-refractivity contribution in [3.8, 4) is 5.75 Å². The summed E-state index contributed by atoms with van der Waals surface area (Å²) in [5.41, 5.74) is 2.75. The van der Waals surface area contributed by atoms with Crippen molar-refractivity contribution in [2.24, 2.45) is 0 Å². The number of aromatic nitrogens is 2. The van der Waals surface area contributed by atoms with E-state index in [1.165, 1.54) is 0 Å². The molecule has 1 aromatic heterocycles. The molecular formula is C24H32N4O3S. The van der Waals surface area contributed by atoms with Crippen molar-refractivity contribution < 1.29 is 13.2 Å². The van der Waals surface area contributed by atoms with E-state index in [0.717, 1.165) is 48.5 Å². The van der Waals surface area contributed by atoms with Crippen LogP contribution in [-0.4, -0.2) is 42.5 Å². The van der Waals surface area contributed by atoms with Crippen LogP contribution >= 0.6 is 0 Å². The third-order valence-electron chi connectivity index (χ3n) is 6.24. The molecule has 172 valence electrons. The van der Waals surface area contributed by atoms with E-state index >= 15 is 0 Å². The molecule has 1 fully saturated rings. The fraction of sp³-hybridized carbons (Fsp3) is 0.458. The molecule has 0 aliphatic carbocycles. The maximum Gasteiger partial charge on any atom is 0.243 e. The quantitative estimate of drug-likeness (QED) is 0.553. The molecule has 0 spiro atoms. The first-order valence-corrected chi connectivity index (χ1v) is 12.7. The van der Waals surface area contributed by atoms with Gasteiger partial charge in [0, 0.05) is 31.2 Å². The van der Waals surface area contributed by atoms with Gasteiger partial charge in [0.15, 0.2) is 0 Å². The number of rotatable bonds is 8. The van der Waals surface area contributed by atoms with Crippen molar-refractivity contribution in [2.45, 2.75) is 57.1 Å². The van der Waals surface area contributed by atoms with Crippen molar-refractivity contribution in [3.63, 3.8) is 0 Å². The number of nitrogens with zero attached hydrogens (tertiary/aromatic N) is 3. The van der Waals surface area contributed by atoms with Crippen molar-refractivity contribution in [1.29, 1.82) is 0 Å². The highest BCUT2D eigenvalue weighted by Gasteiger charge is 2.26. The summed E-state index contributed by atoms with van der Waals surface area (Å²) in [6.45, 7) is 6.69. The Morgan fingerprint density at radius 3 is 2.59 bits per heavy atom. The fourth-order valence-corrected chi connectivity index (χ4v) is 5.98. The second kappa shape index (κ2) is 9.60. The average Bonchev–Trinajstić information content (AvgIpc) is 3.19. The SMILES string of the molecule is CCn1c(CN[C@@H](C)c2ccccc2OC)nc2cc(S(=O)(=O)N3CCCCC3)ccc21. The van der Waals surface area contributed by atoms with Crippen LogP contribution in [0.5, 0.6) is 5.75 Å². The molecule has 3 aromatic rings. The summed E-state index contributed by atoms with van der Waals surface area (Å²) in [6, 6.07) is 13.4. The van der Waals surface area contributed by atoms with Crippen molar-refractivity contribution in [3.05, 3.63) is 53.9 Å². The fourth-order valence-electron chi connectivity index (χ4n) is 4.44. The molecule has 0 unspecified atom stereocenters. The first-order chi connectivity index (χ1) is 15.5. The Hall–Kier alpha value is -2.42. The topological polar surface area (TPSA) is 76.5 Å². The van der Waals surface area contributed by atoms with E-state index in [-0.39, 0.29) is 6.04 Å². The molecule has 1 aliphatic rings. The molecule has 32 heavy (non-hydrogen) atoms. The largest absolute Gasteiger partial charge is 0.496 e. The van der Waals surface area contributed by atoms with Gasteiger partial charge in [-0.15, -0.1) is 0 Å². The standard InChI is InChI=1S/C24H32N4O3S/c1-4-28-22-13-12-19(32(29,30)27-14-8-5-9-15-27)16-21(22)26-24(28)17-25-18(2)20-10-6-7-11-23(20)31-3/h6-7,10-13,16,18,25H,4-5,8-9,14-15,17H2,1-3H3/t18-/m0/s1. The normalized spacial score (nSPS) is 16.3. The number of fused-ring (bicyclic) bond motifs is 1. The van der Waals surface area contributed by atoms with Gasteiger partial charge in [0.2, 0.25) is 10.0 Å². The minimum absolute atomic E-state index is 0.0753. The second-order valence-corrected chi connectivity index (χ2v) is 10.2. The summed E-state index contributed by atoms with van der Waals surface area (Å²) in [7, 11) is -1.80. The number of sulfonamides is 1. The Labute approximate surface area is 190 Å². The molecule has 0 amide bonds. The lowest BCUT2D eigenvalue weighted by molar-refractivity contribution is 0.346. The zero-order chi connectivity index (χ0) is 22.7. The second-order valence-electron chi connectivity index (χ2n) is 8.23. The minimum atomic E-state index is -3.48. The van der Waals surface area contributed by atoms with Gasteiger partial charge in [0.1, 0.15) is 11.6 Å². The van der Waals surface area contributed by atoms with Crippen LogP contribution in [0.4, 0.5) is 0 Å². The molecule has 0 radical (unpaired) electrons. The van der Waals surface area contributed by atoms with Crippen LogP contribution in [0, 0.1) is 0 Å². The molecule has 4 rings (SSSR count). The maximum absolute atomic E-state index is 13.1. The lowest BCUT2D eigenvalue weighted by Crippen LogP contribution is -2.35. The van der Waals surface area contributed by atoms with E-state index in [1.807, 2.05) is 24.3 Å². The summed E-state index contributed by atoms with van der Waals surface area (Å²) < 4.78 is 35.4. The molecule has 1 atom stereocenters. The number of methoxy groups -OCH3 is 1. The summed E-state index contributed by atoms with van der Waals surface area (Å²) in [6.07, 6.45) is 2.94. The van der Waals surface area contributed by atoms with Crippen molar-refractivity contribution in [1.82, 2.24) is 19.2 Å². The summed E-state index contributed by atoms with van der Waals surface area (Å²) in [4.78, 5) is 5.13. The first kappa shape index (κ1) is 22.8. The Morgan fingerprint density at radius 2 is 1.88 bits per heavy atom. The molecule has 0 saturated carbocycles. The Morgan fingerprint density at radius 1 is 1.12 bits per heavy atom. The molecule has 1 saturated heterocycles. The van der Waals surface area contributed by atoms with E-state index in [0.29, 0.717) is 30.0 Å². The number of aryl methyl sites for hydroxylation is 1. The van der Waals surface area contributed by atoms with Gasteiger partial charge < -0.3 is 14.6 Å². The molecule has 1 aliphatic heterocycles. The number of hydrogen-bond acceptors (Lipinski definition) is 5. The molecule has 2 heterocycles. The van der Waals surface area contributed by atoms with E-state index in [4.69, 9.17) is 9.72 Å². The number of para-hydroxylation sites is 1. The predicted molar refractivity (Wildman–Crippen MR) is 126 cm³/mol. The van der Waals surface area contributed by atoms with E-state index < -0.39 is 10.0 Å². The first-order valence-electron chi connectivity index (χ1n) is 11.3. The van der Waals surface area contributed by atoms with Crippen LogP contribution in [0.15, 0.2) is 47.4 Å². The van der Waals surface area contributed by atoms with Crippen LogP contribution < -0.4 is 10.1 Å². The summed E-state index contributed by atoms with van der Waals surface area (Å²) >= 11 is 0. The van der Waals surface area contributed by atoms with Gasteiger partial charge in [0.05, 0.1) is 29.6 Å². The Kier molecular flexibility index (Phi) is 6.83. The highest BCUT2D eigenvalue weighted by molar-refractivity contribution is 7.89. The summed E-state index contributed by atoms with van der Waals surface area (Å²) in [5.74, 6) is 1.74. The van der Waals surface area contributed by atoms with Gasteiger partial charge in [-0.1, -0.05) is 24.6 Å². The number of benzene rings is 2. The highest BCUT2D eigenvalue weighted by atomic mass is 32.2. The molecule has 7 nitrogen and oxygen atoms in total. The highest BCUT2D eigenvalue weighted by Crippen LogP contribution is 2.27. The van der Waals surface area contributed by atoms with Gasteiger partial charge in [0.25, 0.3) is 0 Å². The van der Waals surface area contributed by atoms with Gasteiger partial charge in [-0.2, -0.15) is 4.31 Å². The number of hydrogen-bond donors (Lipinski definition) is 1. The van der Waals surface area contributed by atoms with Gasteiger partial charge in [-0.25, -0.2) is 13.4 Å². The minimum Gasteiger partial charge on any atom is -0.496 e. The van der Waals surface area contributed by atoms with Gasteiger partial charge in [-0.05, 0) is 51.0 Å². The van der Waals surface area contributed by atoms with Crippen LogP contribution in [0.1, 0.15) is 50.5 Å². The van der Waals surface area contributed by atoms with Crippen molar-refractivity contribution >= 4 is 21.1 Å². The Balaban J connectivity index is 1.59. The van der Waals surface area contributed by atoms with E-state index in [1.54, 1.807) is 23.5 Å². The van der Waals surface area contributed by atoms with Crippen LogP contribution in [-0.2, 0) is 23.1 Å². The smallest absolute Gasteiger partial charge is 0.243 e. The number of imidazole rings is 1. The van der Waals surface area contributed by atoms with Crippen LogP contribution in [0.3, 0.4) is 0 Å². The maximum atomic E-state index is 13.1. The molecule has 8 heteroatoms. The number of nitrogens with one attached hydrogen (secondary N) is 1. The lowest BCUT2D eigenvalue weighted by atomic mass is 10.1.